The van der Waals surface area contributed by atoms with Crippen molar-refractivity contribution in [3.05, 3.63) is 64.2 Å². The number of aliphatic hydroxyl groups is 6. The Bertz CT molecular complexity index is 959. The quantitative estimate of drug-likeness (QED) is 0.197. The Morgan fingerprint density at radius 1 is 0.971 bits per heavy atom. The molecule has 35 heavy (non-hydrogen) atoms. The second-order valence-corrected chi connectivity index (χ2v) is 8.41. The van der Waals surface area contributed by atoms with Crippen molar-refractivity contribution in [3.63, 3.8) is 0 Å². The average Bonchev–Trinajstić information content (AvgIpc) is 2.83. The molecule has 1 aliphatic heterocycles. The van der Waals surface area contributed by atoms with Gasteiger partial charge in [-0.15, -0.1) is 0 Å². The van der Waals surface area contributed by atoms with Crippen molar-refractivity contribution in [2.45, 2.75) is 42.7 Å². The van der Waals surface area contributed by atoms with E-state index in [1.54, 1.807) is 0 Å². The van der Waals surface area contributed by atoms with Gasteiger partial charge in [0.25, 0.3) is 6.43 Å². The summed E-state index contributed by atoms with van der Waals surface area (Å²) in [4.78, 5) is 0. The van der Waals surface area contributed by atoms with Gasteiger partial charge in [-0.1, -0.05) is 17.7 Å². The highest BCUT2D eigenvalue weighted by molar-refractivity contribution is 6.31. The standard InChI is InChI=1S/C23H27ClF2O9/c24-16-6-1-12(22-21(30)20(29)19(28)17(10-27)35-22)9-15(16)23(31,32)13-2-4-14(5-3-13)34-8-7-33-11-18(25)26/h1-6,9,17-22,27-32H,7-8,10-11H2. The minimum absolute atomic E-state index is 0.0140. The molecule has 1 heterocycles. The van der Waals surface area contributed by atoms with Crippen LogP contribution in [0.15, 0.2) is 42.5 Å². The van der Waals surface area contributed by atoms with Crippen molar-refractivity contribution in [1.82, 2.24) is 0 Å². The Balaban J connectivity index is 1.77. The van der Waals surface area contributed by atoms with Gasteiger partial charge in [0.2, 0.25) is 5.79 Å². The maximum Gasteiger partial charge on any atom is 0.261 e. The zero-order valence-corrected chi connectivity index (χ0v) is 19.1. The van der Waals surface area contributed by atoms with Gasteiger partial charge in [-0.25, -0.2) is 8.78 Å². The van der Waals surface area contributed by atoms with Crippen LogP contribution >= 0.6 is 11.6 Å². The third-order valence-electron chi connectivity index (χ3n) is 5.58. The fourth-order valence-corrected chi connectivity index (χ4v) is 3.94. The average molecular weight is 521 g/mol. The molecule has 2 aromatic carbocycles. The van der Waals surface area contributed by atoms with E-state index in [1.165, 1.54) is 42.5 Å². The fourth-order valence-electron chi connectivity index (χ4n) is 3.69. The number of benzene rings is 2. The Hall–Kier alpha value is -1.93. The monoisotopic (exact) mass is 520 g/mol. The maximum absolute atomic E-state index is 12.1. The van der Waals surface area contributed by atoms with Crippen LogP contribution in [0.3, 0.4) is 0 Å². The Labute approximate surface area is 204 Å². The molecular weight excluding hydrogens is 494 g/mol. The second kappa shape index (κ2) is 11.9. The Morgan fingerprint density at radius 2 is 1.66 bits per heavy atom. The lowest BCUT2D eigenvalue weighted by Crippen LogP contribution is -2.55. The molecule has 12 heteroatoms. The third kappa shape index (κ3) is 6.45. The van der Waals surface area contributed by atoms with Crippen LogP contribution in [0.4, 0.5) is 8.78 Å². The summed E-state index contributed by atoms with van der Waals surface area (Å²) in [5, 5.41) is 61.6. The van der Waals surface area contributed by atoms with Gasteiger partial charge in [-0.05, 0) is 42.0 Å². The molecule has 0 spiro atoms. The molecule has 5 unspecified atom stereocenters. The minimum atomic E-state index is -2.58. The summed E-state index contributed by atoms with van der Waals surface area (Å²) in [6.07, 6.45) is -9.60. The van der Waals surface area contributed by atoms with Crippen molar-refractivity contribution < 1.29 is 53.6 Å². The number of hydrogen-bond donors (Lipinski definition) is 6. The van der Waals surface area contributed by atoms with E-state index in [2.05, 4.69) is 0 Å². The molecule has 3 rings (SSSR count). The van der Waals surface area contributed by atoms with Crippen LogP contribution in [0.1, 0.15) is 22.8 Å². The summed E-state index contributed by atoms with van der Waals surface area (Å²) in [5.74, 6) is -2.24. The zero-order valence-electron chi connectivity index (χ0n) is 18.4. The molecule has 9 nitrogen and oxygen atoms in total. The van der Waals surface area contributed by atoms with E-state index in [0.29, 0.717) is 5.75 Å². The molecule has 0 radical (unpaired) electrons. The molecule has 0 aromatic heterocycles. The topological polar surface area (TPSA) is 149 Å². The highest BCUT2D eigenvalue weighted by Crippen LogP contribution is 2.38. The first-order valence-electron chi connectivity index (χ1n) is 10.7. The van der Waals surface area contributed by atoms with E-state index in [1.807, 2.05) is 0 Å². The molecule has 0 aliphatic carbocycles. The molecule has 5 atom stereocenters. The first kappa shape index (κ1) is 27.7. The number of alkyl halides is 2. The van der Waals surface area contributed by atoms with Crippen molar-refractivity contribution in [3.8, 4) is 5.75 Å². The predicted octanol–water partition coefficient (Wildman–Crippen LogP) is 0.701. The number of aliphatic hydroxyl groups excluding tert-OH is 4. The molecule has 0 bridgehead atoms. The maximum atomic E-state index is 12.1. The van der Waals surface area contributed by atoms with Crippen LogP contribution in [-0.4, -0.2) is 87.9 Å². The molecule has 0 saturated carbocycles. The van der Waals surface area contributed by atoms with Gasteiger partial charge in [0.05, 0.1) is 13.2 Å². The largest absolute Gasteiger partial charge is 0.491 e. The van der Waals surface area contributed by atoms with Gasteiger partial charge in [-0.3, -0.25) is 0 Å². The summed E-state index contributed by atoms with van der Waals surface area (Å²) in [6.45, 7) is -1.33. The predicted molar refractivity (Wildman–Crippen MR) is 118 cm³/mol. The van der Waals surface area contributed by atoms with Crippen LogP contribution in [0.25, 0.3) is 0 Å². The number of rotatable bonds is 10. The van der Waals surface area contributed by atoms with E-state index in [-0.39, 0.29) is 34.9 Å². The van der Waals surface area contributed by atoms with Crippen LogP contribution in [0, 0.1) is 0 Å². The highest BCUT2D eigenvalue weighted by Gasteiger charge is 2.44. The Morgan fingerprint density at radius 3 is 2.29 bits per heavy atom. The lowest BCUT2D eigenvalue weighted by atomic mass is 9.89. The van der Waals surface area contributed by atoms with Crippen molar-refractivity contribution in [2.24, 2.45) is 0 Å². The number of hydrogen-bond acceptors (Lipinski definition) is 9. The van der Waals surface area contributed by atoms with Gasteiger partial charge in [0.1, 0.15) is 49.5 Å². The second-order valence-electron chi connectivity index (χ2n) is 8.00. The summed E-state index contributed by atoms with van der Waals surface area (Å²) < 4.78 is 39.7. The summed E-state index contributed by atoms with van der Waals surface area (Å²) in [6, 6.07) is 9.70. The van der Waals surface area contributed by atoms with Crippen LogP contribution < -0.4 is 4.74 Å². The van der Waals surface area contributed by atoms with E-state index >= 15 is 0 Å². The van der Waals surface area contributed by atoms with Gasteiger partial charge in [0.15, 0.2) is 0 Å². The van der Waals surface area contributed by atoms with Gasteiger partial charge in [-0.2, -0.15) is 0 Å². The molecule has 6 N–H and O–H groups in total. The number of halogens is 3. The third-order valence-corrected chi connectivity index (χ3v) is 5.91. The van der Waals surface area contributed by atoms with Crippen molar-refractivity contribution in [2.75, 3.05) is 26.4 Å². The molecule has 1 saturated heterocycles. The summed E-state index contributed by atoms with van der Waals surface area (Å²) >= 11 is 6.22. The Kier molecular flexibility index (Phi) is 9.38. The molecule has 2 aromatic rings. The van der Waals surface area contributed by atoms with Crippen molar-refractivity contribution >= 4 is 11.6 Å². The molecule has 0 amide bonds. The van der Waals surface area contributed by atoms with Crippen LogP contribution in [0.5, 0.6) is 5.75 Å². The van der Waals surface area contributed by atoms with E-state index < -0.39 is 55.9 Å². The zero-order chi connectivity index (χ0) is 25.8. The fraction of sp³-hybridized carbons (Fsp3) is 0.478. The highest BCUT2D eigenvalue weighted by atomic mass is 35.5. The first-order chi connectivity index (χ1) is 16.6. The molecule has 1 fully saturated rings. The molecule has 194 valence electrons. The summed E-state index contributed by atoms with van der Waals surface area (Å²) in [7, 11) is 0. The van der Waals surface area contributed by atoms with E-state index in [0.717, 1.165) is 0 Å². The van der Waals surface area contributed by atoms with Gasteiger partial charge < -0.3 is 44.8 Å². The molecule has 1 aliphatic rings. The van der Waals surface area contributed by atoms with Gasteiger partial charge in [0, 0.05) is 16.1 Å². The van der Waals surface area contributed by atoms with Crippen molar-refractivity contribution in [1.29, 1.82) is 0 Å². The number of ether oxygens (including phenoxy) is 3. The van der Waals surface area contributed by atoms with Crippen LogP contribution in [0.2, 0.25) is 5.02 Å². The van der Waals surface area contributed by atoms with Gasteiger partial charge >= 0.3 is 0 Å². The first-order valence-corrected chi connectivity index (χ1v) is 11.1. The molecular formula is C23H27ClF2O9. The smallest absolute Gasteiger partial charge is 0.261 e. The van der Waals surface area contributed by atoms with Crippen LogP contribution in [-0.2, 0) is 15.3 Å². The van der Waals surface area contributed by atoms with E-state index in [4.69, 9.17) is 25.8 Å². The summed E-state index contributed by atoms with van der Waals surface area (Å²) in [5.41, 5.74) is 0.0897. The normalized spacial score (nSPS) is 25.1. The SMILES string of the molecule is OCC1OC(c2ccc(Cl)c(C(O)(O)c3ccc(OCCOCC(F)F)cc3)c2)C(O)C(O)C1O. The lowest BCUT2D eigenvalue weighted by Gasteiger charge is -2.40. The van der Waals surface area contributed by atoms with E-state index in [9.17, 15) is 39.4 Å². The minimum Gasteiger partial charge on any atom is -0.491 e. The lowest BCUT2D eigenvalue weighted by molar-refractivity contribution is -0.231.